The van der Waals surface area contributed by atoms with Crippen molar-refractivity contribution in [3.05, 3.63) is 40.9 Å². The van der Waals surface area contributed by atoms with Crippen LogP contribution < -0.4 is 5.32 Å². The molecule has 1 aromatic rings. The Hall–Kier alpha value is -0.970. The van der Waals surface area contributed by atoms with Gasteiger partial charge < -0.3 is 10.4 Å². The number of aliphatic hydroxyl groups is 1. The van der Waals surface area contributed by atoms with Crippen molar-refractivity contribution in [3.8, 4) is 0 Å². The molecule has 0 radical (unpaired) electrons. The van der Waals surface area contributed by atoms with Crippen molar-refractivity contribution in [1.82, 2.24) is 5.32 Å². The van der Waals surface area contributed by atoms with Gasteiger partial charge in [-0.2, -0.15) is 11.8 Å². The molecule has 21 heavy (non-hydrogen) atoms. The molecule has 0 atom stereocenters. The van der Waals surface area contributed by atoms with E-state index >= 15 is 0 Å². The molecule has 0 unspecified atom stereocenters. The first kappa shape index (κ1) is 16.4. The molecular weight excluding hydrogens is 306 g/mol. The van der Waals surface area contributed by atoms with Crippen molar-refractivity contribution in [1.29, 1.82) is 0 Å². The SMILES string of the molecule is CC(=CC(=O)NCC1(O)CCSCC1)c1cccc(Cl)c1. The van der Waals surface area contributed by atoms with Gasteiger partial charge >= 0.3 is 0 Å². The van der Waals surface area contributed by atoms with Crippen LogP contribution in [-0.4, -0.2) is 34.7 Å². The molecule has 1 fully saturated rings. The highest BCUT2D eigenvalue weighted by Gasteiger charge is 2.29. The van der Waals surface area contributed by atoms with Crippen LogP contribution in [0.5, 0.6) is 0 Å². The van der Waals surface area contributed by atoms with E-state index in [4.69, 9.17) is 11.6 Å². The molecule has 1 heterocycles. The number of halogens is 1. The van der Waals surface area contributed by atoms with Crippen molar-refractivity contribution in [3.63, 3.8) is 0 Å². The number of allylic oxidation sites excluding steroid dienone is 1. The van der Waals surface area contributed by atoms with Crippen LogP contribution in [0.1, 0.15) is 25.3 Å². The number of benzene rings is 1. The monoisotopic (exact) mass is 325 g/mol. The minimum atomic E-state index is -0.751. The number of nitrogens with one attached hydrogen (secondary N) is 1. The maximum Gasteiger partial charge on any atom is 0.244 e. The second-order valence-electron chi connectivity index (χ2n) is 5.39. The molecule has 0 aliphatic carbocycles. The van der Waals surface area contributed by atoms with Crippen LogP contribution in [0.3, 0.4) is 0 Å². The number of rotatable bonds is 4. The molecule has 1 saturated heterocycles. The average molecular weight is 326 g/mol. The average Bonchev–Trinajstić information content (AvgIpc) is 2.46. The summed E-state index contributed by atoms with van der Waals surface area (Å²) in [6.45, 7) is 2.18. The van der Waals surface area contributed by atoms with Crippen LogP contribution >= 0.6 is 23.4 Å². The minimum absolute atomic E-state index is 0.181. The molecule has 2 N–H and O–H groups in total. The van der Waals surface area contributed by atoms with E-state index < -0.39 is 5.60 Å². The molecule has 2 rings (SSSR count). The molecule has 114 valence electrons. The number of thioether (sulfide) groups is 1. The summed E-state index contributed by atoms with van der Waals surface area (Å²) in [5, 5.41) is 13.8. The maximum absolute atomic E-state index is 12.0. The fraction of sp³-hybridized carbons (Fsp3) is 0.438. The highest BCUT2D eigenvalue weighted by atomic mass is 35.5. The predicted molar refractivity (Wildman–Crippen MR) is 89.6 cm³/mol. The molecule has 0 saturated carbocycles. The molecule has 1 amide bonds. The van der Waals surface area contributed by atoms with Crippen molar-refractivity contribution in [2.75, 3.05) is 18.1 Å². The van der Waals surface area contributed by atoms with E-state index in [0.717, 1.165) is 35.5 Å². The van der Waals surface area contributed by atoms with Crippen molar-refractivity contribution in [2.24, 2.45) is 0 Å². The van der Waals surface area contributed by atoms with E-state index in [2.05, 4.69) is 5.32 Å². The van der Waals surface area contributed by atoms with Crippen LogP contribution in [0.4, 0.5) is 0 Å². The summed E-state index contributed by atoms with van der Waals surface area (Å²) >= 11 is 7.79. The van der Waals surface area contributed by atoms with E-state index in [-0.39, 0.29) is 5.91 Å². The number of hydrogen-bond acceptors (Lipinski definition) is 3. The Morgan fingerprint density at radius 3 is 2.86 bits per heavy atom. The van der Waals surface area contributed by atoms with Crippen molar-refractivity contribution >= 4 is 34.8 Å². The summed E-state index contributed by atoms with van der Waals surface area (Å²) in [5.74, 6) is 1.71. The maximum atomic E-state index is 12.0. The Kier molecular flexibility index (Phi) is 5.73. The van der Waals surface area contributed by atoms with Gasteiger partial charge in [0.25, 0.3) is 0 Å². The summed E-state index contributed by atoms with van der Waals surface area (Å²) in [5.41, 5.74) is 1.02. The molecule has 3 nitrogen and oxygen atoms in total. The molecular formula is C16H20ClNO2S. The molecule has 0 aromatic heterocycles. The van der Waals surface area contributed by atoms with Gasteiger partial charge in [-0.25, -0.2) is 0 Å². The van der Waals surface area contributed by atoms with E-state index in [9.17, 15) is 9.90 Å². The van der Waals surface area contributed by atoms with Gasteiger partial charge in [0.05, 0.1) is 5.60 Å². The number of carbonyl (C=O) groups excluding carboxylic acids is 1. The van der Waals surface area contributed by atoms with Gasteiger partial charge in [-0.05, 0) is 54.5 Å². The smallest absolute Gasteiger partial charge is 0.244 e. The fourth-order valence-electron chi connectivity index (χ4n) is 2.24. The van der Waals surface area contributed by atoms with E-state index in [1.54, 1.807) is 12.1 Å². The largest absolute Gasteiger partial charge is 0.388 e. The van der Waals surface area contributed by atoms with Crippen molar-refractivity contribution in [2.45, 2.75) is 25.4 Å². The standard InChI is InChI=1S/C16H20ClNO2S/c1-12(13-3-2-4-14(17)10-13)9-15(19)18-11-16(20)5-7-21-8-6-16/h2-4,9-10,20H,5-8,11H2,1H3,(H,18,19). The van der Waals surface area contributed by atoms with Crippen LogP contribution in [0.2, 0.25) is 5.02 Å². The molecule has 1 aliphatic heterocycles. The number of hydrogen-bond donors (Lipinski definition) is 2. The van der Waals surface area contributed by atoms with E-state index in [0.29, 0.717) is 11.6 Å². The van der Waals surface area contributed by atoms with E-state index in [1.165, 1.54) is 0 Å². The van der Waals surface area contributed by atoms with E-state index in [1.807, 2.05) is 36.9 Å². The third-order valence-electron chi connectivity index (χ3n) is 3.64. The van der Waals surface area contributed by atoms with Gasteiger partial charge in [-0.15, -0.1) is 0 Å². The van der Waals surface area contributed by atoms with Gasteiger partial charge in [0.1, 0.15) is 0 Å². The van der Waals surface area contributed by atoms with Gasteiger partial charge in [-0.1, -0.05) is 23.7 Å². The fourth-order valence-corrected chi connectivity index (χ4v) is 3.69. The summed E-state index contributed by atoms with van der Waals surface area (Å²) in [6, 6.07) is 7.40. The van der Waals surface area contributed by atoms with Crippen LogP contribution in [0, 0.1) is 0 Å². The summed E-state index contributed by atoms with van der Waals surface area (Å²) in [7, 11) is 0. The second-order valence-corrected chi connectivity index (χ2v) is 7.05. The summed E-state index contributed by atoms with van der Waals surface area (Å²) < 4.78 is 0. The van der Waals surface area contributed by atoms with Gasteiger partial charge in [0, 0.05) is 17.6 Å². The predicted octanol–water partition coefficient (Wildman–Crippen LogP) is 3.12. The Balaban J connectivity index is 1.92. The number of amides is 1. The lowest BCUT2D eigenvalue weighted by atomic mass is 9.97. The third kappa shape index (κ3) is 5.06. The first-order valence-corrected chi connectivity index (χ1v) is 8.54. The second kappa shape index (κ2) is 7.34. The molecule has 0 bridgehead atoms. The lowest BCUT2D eigenvalue weighted by Gasteiger charge is -2.31. The number of carbonyl (C=O) groups is 1. The zero-order valence-electron chi connectivity index (χ0n) is 12.1. The molecule has 5 heteroatoms. The van der Waals surface area contributed by atoms with Gasteiger partial charge in [0.15, 0.2) is 0 Å². The zero-order valence-corrected chi connectivity index (χ0v) is 13.6. The topological polar surface area (TPSA) is 49.3 Å². The first-order valence-electron chi connectivity index (χ1n) is 7.01. The summed E-state index contributed by atoms with van der Waals surface area (Å²) in [6.07, 6.45) is 3.01. The lowest BCUT2D eigenvalue weighted by molar-refractivity contribution is -0.117. The van der Waals surface area contributed by atoms with Gasteiger partial charge in [-0.3, -0.25) is 4.79 Å². The molecule has 1 aromatic carbocycles. The highest BCUT2D eigenvalue weighted by molar-refractivity contribution is 7.99. The first-order chi connectivity index (χ1) is 9.98. The summed E-state index contributed by atoms with van der Waals surface area (Å²) in [4.78, 5) is 12.0. The van der Waals surface area contributed by atoms with Gasteiger partial charge in [0.2, 0.25) is 5.91 Å². The zero-order chi connectivity index (χ0) is 15.3. The highest BCUT2D eigenvalue weighted by Crippen LogP contribution is 2.26. The molecule has 0 spiro atoms. The molecule has 1 aliphatic rings. The minimum Gasteiger partial charge on any atom is -0.388 e. The quantitative estimate of drug-likeness (QED) is 0.836. The van der Waals surface area contributed by atoms with Crippen LogP contribution in [0.25, 0.3) is 5.57 Å². The third-order valence-corrected chi connectivity index (χ3v) is 4.86. The normalized spacial score (nSPS) is 18.3. The lowest BCUT2D eigenvalue weighted by Crippen LogP contribution is -2.45. The van der Waals surface area contributed by atoms with Crippen molar-refractivity contribution < 1.29 is 9.90 Å². The Labute approximate surface area is 134 Å². The Morgan fingerprint density at radius 1 is 1.48 bits per heavy atom. The Bertz CT molecular complexity index is 539. The van der Waals surface area contributed by atoms with Crippen LogP contribution in [0.15, 0.2) is 30.3 Å². The van der Waals surface area contributed by atoms with Crippen LogP contribution in [-0.2, 0) is 4.79 Å². The Morgan fingerprint density at radius 2 is 2.19 bits per heavy atom.